The van der Waals surface area contributed by atoms with E-state index in [-0.39, 0.29) is 24.7 Å². The summed E-state index contributed by atoms with van der Waals surface area (Å²) in [6.45, 7) is 2.14. The predicted molar refractivity (Wildman–Crippen MR) is 97.1 cm³/mol. The number of benzene rings is 1. The quantitative estimate of drug-likeness (QED) is 0.878. The van der Waals surface area contributed by atoms with Crippen LogP contribution in [-0.4, -0.2) is 48.6 Å². The molecule has 2 aromatic rings. The maximum atomic E-state index is 12.4. The number of carbonyl (C=O) groups is 1. The number of likely N-dealkylation sites (tertiary alicyclic amines) is 1. The zero-order valence-corrected chi connectivity index (χ0v) is 14.6. The highest BCUT2D eigenvalue weighted by molar-refractivity contribution is 5.78. The van der Waals surface area contributed by atoms with Gasteiger partial charge in [0.2, 0.25) is 5.91 Å². The minimum Gasteiger partial charge on any atom is -0.368 e. The number of pyridine rings is 1. The molecule has 0 saturated carbocycles. The molecule has 1 fully saturated rings. The molecular weight excluding hydrogens is 314 g/mol. The molecule has 0 bridgehead atoms. The van der Waals surface area contributed by atoms with E-state index >= 15 is 0 Å². The highest BCUT2D eigenvalue weighted by atomic mass is 16.5. The Kier molecular flexibility index (Phi) is 6.14. The number of amides is 1. The molecule has 132 valence electrons. The number of ether oxygens (including phenoxy) is 1. The fourth-order valence-electron chi connectivity index (χ4n) is 3.10. The summed E-state index contributed by atoms with van der Waals surface area (Å²) in [6.07, 6.45) is 5.66. The van der Waals surface area contributed by atoms with Crippen molar-refractivity contribution in [3.8, 4) is 0 Å². The van der Waals surface area contributed by atoms with E-state index in [0.29, 0.717) is 0 Å². The molecular formula is C20H25N3O2. The lowest BCUT2D eigenvalue weighted by Crippen LogP contribution is -2.37. The number of carbonyl (C=O) groups excluding carboxylic acids is 1. The average Bonchev–Trinajstić information content (AvgIpc) is 2.67. The van der Waals surface area contributed by atoms with Gasteiger partial charge in [-0.15, -0.1) is 0 Å². The molecule has 3 rings (SSSR count). The van der Waals surface area contributed by atoms with Crippen LogP contribution in [0.2, 0.25) is 0 Å². The molecule has 1 saturated heterocycles. The standard InChI is InChI=1S/C20H25N3O2/c1-23-12-9-18(10-13-23)25-15-19(24)22-20(16-6-3-2-4-7-16)17-8-5-11-21-14-17/h2-8,11,14,18,20H,9-10,12-13,15H2,1H3,(H,22,24). The number of hydrogen-bond donors (Lipinski definition) is 1. The Morgan fingerprint density at radius 2 is 1.92 bits per heavy atom. The zero-order valence-electron chi connectivity index (χ0n) is 14.6. The highest BCUT2D eigenvalue weighted by Gasteiger charge is 2.20. The normalized spacial score (nSPS) is 17.2. The van der Waals surface area contributed by atoms with Crippen molar-refractivity contribution in [3.05, 3.63) is 66.0 Å². The van der Waals surface area contributed by atoms with E-state index in [4.69, 9.17) is 4.74 Å². The molecule has 1 atom stereocenters. The van der Waals surface area contributed by atoms with Crippen molar-refractivity contribution in [2.24, 2.45) is 0 Å². The van der Waals surface area contributed by atoms with Gasteiger partial charge in [-0.1, -0.05) is 36.4 Å². The minimum atomic E-state index is -0.219. The van der Waals surface area contributed by atoms with Crippen LogP contribution in [0.3, 0.4) is 0 Å². The first-order valence-corrected chi connectivity index (χ1v) is 8.77. The van der Waals surface area contributed by atoms with Crippen LogP contribution in [0.4, 0.5) is 0 Å². The fourth-order valence-corrected chi connectivity index (χ4v) is 3.10. The summed E-state index contributed by atoms with van der Waals surface area (Å²) in [6, 6.07) is 13.6. The van der Waals surface area contributed by atoms with Crippen LogP contribution in [0.15, 0.2) is 54.9 Å². The summed E-state index contributed by atoms with van der Waals surface area (Å²) < 4.78 is 5.81. The highest BCUT2D eigenvalue weighted by Crippen LogP contribution is 2.21. The van der Waals surface area contributed by atoms with Crippen LogP contribution in [-0.2, 0) is 9.53 Å². The van der Waals surface area contributed by atoms with E-state index in [2.05, 4.69) is 22.2 Å². The third kappa shape index (κ3) is 5.11. The minimum absolute atomic E-state index is 0.0952. The van der Waals surface area contributed by atoms with Crippen molar-refractivity contribution < 1.29 is 9.53 Å². The Balaban J connectivity index is 1.61. The van der Waals surface area contributed by atoms with Crippen LogP contribution in [0.25, 0.3) is 0 Å². The maximum Gasteiger partial charge on any atom is 0.246 e. The fraction of sp³-hybridized carbons (Fsp3) is 0.400. The molecule has 1 aromatic carbocycles. The van der Waals surface area contributed by atoms with Gasteiger partial charge in [0.05, 0.1) is 12.1 Å². The van der Waals surface area contributed by atoms with Gasteiger partial charge in [0.1, 0.15) is 6.61 Å². The SMILES string of the molecule is CN1CCC(OCC(=O)NC(c2ccccc2)c2cccnc2)CC1. The van der Waals surface area contributed by atoms with Gasteiger partial charge in [-0.2, -0.15) is 0 Å². The second kappa shape index (κ2) is 8.74. The molecule has 5 nitrogen and oxygen atoms in total. The van der Waals surface area contributed by atoms with E-state index in [1.54, 1.807) is 12.4 Å². The lowest BCUT2D eigenvalue weighted by Gasteiger charge is -2.29. The molecule has 0 spiro atoms. The van der Waals surface area contributed by atoms with Crippen LogP contribution in [0, 0.1) is 0 Å². The van der Waals surface area contributed by atoms with E-state index in [1.807, 2.05) is 42.5 Å². The van der Waals surface area contributed by atoms with Crippen LogP contribution >= 0.6 is 0 Å². The van der Waals surface area contributed by atoms with Gasteiger partial charge in [-0.25, -0.2) is 0 Å². The molecule has 25 heavy (non-hydrogen) atoms. The molecule has 0 radical (unpaired) electrons. The Bertz CT molecular complexity index is 616. The molecule has 1 N–H and O–H groups in total. The number of piperidine rings is 1. The van der Waals surface area contributed by atoms with Gasteiger partial charge in [0.15, 0.2) is 0 Å². The first kappa shape index (κ1) is 17.6. The van der Waals surface area contributed by atoms with Crippen molar-refractivity contribution in [2.75, 3.05) is 26.7 Å². The van der Waals surface area contributed by atoms with E-state index in [9.17, 15) is 4.79 Å². The lowest BCUT2D eigenvalue weighted by atomic mass is 10.0. The monoisotopic (exact) mass is 339 g/mol. The third-order valence-electron chi connectivity index (χ3n) is 4.57. The van der Waals surface area contributed by atoms with Crippen LogP contribution < -0.4 is 5.32 Å². The summed E-state index contributed by atoms with van der Waals surface area (Å²) in [5.41, 5.74) is 1.99. The molecule has 1 amide bonds. The molecule has 5 heteroatoms. The van der Waals surface area contributed by atoms with Gasteiger partial charge in [-0.3, -0.25) is 9.78 Å². The Labute approximate surface area is 149 Å². The second-order valence-electron chi connectivity index (χ2n) is 6.51. The van der Waals surface area contributed by atoms with E-state index in [1.165, 1.54) is 0 Å². The summed E-state index contributed by atoms with van der Waals surface area (Å²) in [5, 5.41) is 3.08. The van der Waals surface area contributed by atoms with Crippen LogP contribution in [0.1, 0.15) is 30.0 Å². The Morgan fingerprint density at radius 3 is 2.60 bits per heavy atom. The van der Waals surface area contributed by atoms with E-state index < -0.39 is 0 Å². The van der Waals surface area contributed by atoms with Gasteiger partial charge >= 0.3 is 0 Å². The summed E-state index contributed by atoms with van der Waals surface area (Å²) >= 11 is 0. The third-order valence-corrected chi connectivity index (χ3v) is 4.57. The lowest BCUT2D eigenvalue weighted by molar-refractivity contribution is -0.129. The van der Waals surface area contributed by atoms with Gasteiger partial charge < -0.3 is 15.0 Å². The van der Waals surface area contributed by atoms with Crippen molar-refractivity contribution in [2.45, 2.75) is 25.0 Å². The van der Waals surface area contributed by atoms with Crippen molar-refractivity contribution in [1.29, 1.82) is 0 Å². The van der Waals surface area contributed by atoms with Gasteiger partial charge in [0.25, 0.3) is 0 Å². The topological polar surface area (TPSA) is 54.5 Å². The molecule has 0 aliphatic carbocycles. The number of aromatic nitrogens is 1. The number of rotatable bonds is 6. The number of hydrogen-bond acceptors (Lipinski definition) is 4. The molecule has 1 aliphatic rings. The van der Waals surface area contributed by atoms with Gasteiger partial charge in [0, 0.05) is 25.5 Å². The molecule has 2 heterocycles. The zero-order chi connectivity index (χ0) is 17.5. The van der Waals surface area contributed by atoms with Crippen molar-refractivity contribution >= 4 is 5.91 Å². The second-order valence-corrected chi connectivity index (χ2v) is 6.51. The number of nitrogens with one attached hydrogen (secondary N) is 1. The van der Waals surface area contributed by atoms with Gasteiger partial charge in [-0.05, 0) is 37.1 Å². The summed E-state index contributed by atoms with van der Waals surface area (Å²) in [4.78, 5) is 18.9. The van der Waals surface area contributed by atoms with Crippen LogP contribution in [0.5, 0.6) is 0 Å². The molecule has 1 aromatic heterocycles. The largest absolute Gasteiger partial charge is 0.368 e. The number of nitrogens with zero attached hydrogens (tertiary/aromatic N) is 2. The molecule has 1 unspecified atom stereocenters. The predicted octanol–water partition coefficient (Wildman–Crippen LogP) is 2.40. The molecule has 1 aliphatic heterocycles. The average molecular weight is 339 g/mol. The van der Waals surface area contributed by atoms with Crippen molar-refractivity contribution in [3.63, 3.8) is 0 Å². The van der Waals surface area contributed by atoms with Crippen molar-refractivity contribution in [1.82, 2.24) is 15.2 Å². The Morgan fingerprint density at radius 1 is 1.20 bits per heavy atom. The first-order valence-electron chi connectivity index (χ1n) is 8.77. The Hall–Kier alpha value is -2.24. The van der Waals surface area contributed by atoms with E-state index in [0.717, 1.165) is 37.1 Å². The summed E-state index contributed by atoms with van der Waals surface area (Å²) in [5.74, 6) is -0.100. The maximum absolute atomic E-state index is 12.4. The smallest absolute Gasteiger partial charge is 0.246 e. The summed E-state index contributed by atoms with van der Waals surface area (Å²) in [7, 11) is 2.11. The first-order chi connectivity index (χ1) is 12.2.